The number of anilines is 1. The summed E-state index contributed by atoms with van der Waals surface area (Å²) in [4.78, 5) is 16.3. The topological polar surface area (TPSA) is 109 Å². The molecular formula is C23H19ClN4O4. The number of benzene rings is 2. The van der Waals surface area contributed by atoms with Crippen molar-refractivity contribution in [3.8, 4) is 23.3 Å². The largest absolute Gasteiger partial charge is 0.489 e. The number of epoxide rings is 1. The molecule has 162 valence electrons. The first-order valence-electron chi connectivity index (χ1n) is 10.2. The van der Waals surface area contributed by atoms with Crippen LogP contribution in [0.3, 0.4) is 0 Å². The fourth-order valence-electron chi connectivity index (χ4n) is 3.15. The Morgan fingerprint density at radius 1 is 1.25 bits per heavy atom. The summed E-state index contributed by atoms with van der Waals surface area (Å²) in [5.74, 6) is 1.47. The second-order valence-corrected chi connectivity index (χ2v) is 8.08. The molecule has 2 aliphatic rings. The van der Waals surface area contributed by atoms with E-state index in [1.165, 1.54) is 0 Å². The van der Waals surface area contributed by atoms with E-state index >= 15 is 0 Å². The van der Waals surface area contributed by atoms with Crippen LogP contribution in [0.15, 0.2) is 42.6 Å². The molecule has 9 heteroatoms. The number of pyridine rings is 1. The minimum Gasteiger partial charge on any atom is -0.489 e. The van der Waals surface area contributed by atoms with Gasteiger partial charge in [0.25, 0.3) is 0 Å². The van der Waals surface area contributed by atoms with Gasteiger partial charge in [0.15, 0.2) is 0 Å². The average Bonchev–Trinajstić information content (AvgIpc) is 3.70. The number of carbonyl (C=O) groups is 1. The fourth-order valence-corrected chi connectivity index (χ4v) is 3.37. The fraction of sp³-hybridized carbons (Fsp3) is 0.261. The predicted molar refractivity (Wildman–Crippen MR) is 118 cm³/mol. The SMILES string of the molecule is N#Cc1cc2c(Oc3ccc(NC(=O)NC4CC4)c(Cl)c3)ccnc2cc1OC[C@H]1CO1. The molecule has 2 aromatic carbocycles. The summed E-state index contributed by atoms with van der Waals surface area (Å²) in [6.45, 7) is 1.07. The Morgan fingerprint density at radius 3 is 2.81 bits per heavy atom. The van der Waals surface area contributed by atoms with Crippen LogP contribution < -0.4 is 20.1 Å². The van der Waals surface area contributed by atoms with Crippen molar-refractivity contribution < 1.29 is 19.0 Å². The van der Waals surface area contributed by atoms with Crippen LogP contribution in [0.4, 0.5) is 10.5 Å². The number of rotatable bonds is 7. The summed E-state index contributed by atoms with van der Waals surface area (Å²) < 4.78 is 16.9. The number of hydrogen-bond acceptors (Lipinski definition) is 6. The van der Waals surface area contributed by atoms with Gasteiger partial charge in [-0.2, -0.15) is 5.26 Å². The van der Waals surface area contributed by atoms with Gasteiger partial charge in [0.05, 0.1) is 28.4 Å². The van der Waals surface area contributed by atoms with Gasteiger partial charge in [-0.05, 0) is 37.1 Å². The Morgan fingerprint density at radius 2 is 2.09 bits per heavy atom. The van der Waals surface area contributed by atoms with Crippen molar-refractivity contribution in [3.05, 3.63) is 53.2 Å². The van der Waals surface area contributed by atoms with E-state index in [9.17, 15) is 10.1 Å². The monoisotopic (exact) mass is 450 g/mol. The number of urea groups is 1. The summed E-state index contributed by atoms with van der Waals surface area (Å²) in [6.07, 6.45) is 3.72. The lowest BCUT2D eigenvalue weighted by Gasteiger charge is -2.13. The molecule has 2 fully saturated rings. The van der Waals surface area contributed by atoms with Gasteiger partial charge in [-0.15, -0.1) is 0 Å². The number of fused-ring (bicyclic) bond motifs is 1. The van der Waals surface area contributed by atoms with E-state index in [1.807, 2.05) is 0 Å². The number of nitriles is 1. The molecule has 0 bridgehead atoms. The van der Waals surface area contributed by atoms with E-state index in [1.54, 1.807) is 42.6 Å². The molecule has 2 amide bonds. The molecule has 5 rings (SSSR count). The smallest absolute Gasteiger partial charge is 0.319 e. The Kier molecular flexibility index (Phi) is 5.43. The van der Waals surface area contributed by atoms with Gasteiger partial charge in [-0.1, -0.05) is 11.6 Å². The Balaban J connectivity index is 1.36. The van der Waals surface area contributed by atoms with E-state index in [2.05, 4.69) is 21.7 Å². The molecule has 1 saturated heterocycles. The molecule has 2 heterocycles. The molecule has 0 radical (unpaired) electrons. The molecule has 1 aliphatic heterocycles. The summed E-state index contributed by atoms with van der Waals surface area (Å²) in [7, 11) is 0. The zero-order valence-corrected chi connectivity index (χ0v) is 17.7. The van der Waals surface area contributed by atoms with Gasteiger partial charge in [-0.3, -0.25) is 4.98 Å². The number of carbonyl (C=O) groups excluding carboxylic acids is 1. The number of hydrogen-bond donors (Lipinski definition) is 2. The highest BCUT2D eigenvalue weighted by Gasteiger charge is 2.24. The third-order valence-electron chi connectivity index (χ3n) is 5.08. The Bertz CT molecular complexity index is 1230. The van der Waals surface area contributed by atoms with Crippen LogP contribution in [0.2, 0.25) is 5.02 Å². The highest BCUT2D eigenvalue weighted by atomic mass is 35.5. The second kappa shape index (κ2) is 8.54. The van der Waals surface area contributed by atoms with Gasteiger partial charge in [0, 0.05) is 29.8 Å². The summed E-state index contributed by atoms with van der Waals surface area (Å²) in [5, 5.41) is 16.2. The first-order chi connectivity index (χ1) is 15.6. The summed E-state index contributed by atoms with van der Waals surface area (Å²) in [6, 6.07) is 12.3. The average molecular weight is 451 g/mol. The molecule has 1 aromatic heterocycles. The van der Waals surface area contributed by atoms with Crippen molar-refractivity contribution in [2.45, 2.75) is 25.0 Å². The molecule has 2 N–H and O–H groups in total. The van der Waals surface area contributed by atoms with Crippen molar-refractivity contribution in [1.82, 2.24) is 10.3 Å². The number of nitrogens with one attached hydrogen (secondary N) is 2. The maximum absolute atomic E-state index is 12.0. The molecule has 1 atom stereocenters. The van der Waals surface area contributed by atoms with Gasteiger partial charge < -0.3 is 24.8 Å². The minimum absolute atomic E-state index is 0.0851. The number of ether oxygens (including phenoxy) is 3. The van der Waals surface area contributed by atoms with Crippen molar-refractivity contribution in [2.75, 3.05) is 18.5 Å². The highest BCUT2D eigenvalue weighted by molar-refractivity contribution is 6.33. The lowest BCUT2D eigenvalue weighted by atomic mass is 10.1. The van der Waals surface area contributed by atoms with E-state index in [4.69, 9.17) is 25.8 Å². The molecule has 1 aliphatic carbocycles. The first-order valence-corrected chi connectivity index (χ1v) is 10.6. The molecule has 0 unspecified atom stereocenters. The zero-order valence-electron chi connectivity index (χ0n) is 16.9. The predicted octanol–water partition coefficient (Wildman–Crippen LogP) is 4.61. The Labute approximate surface area is 189 Å². The Hall–Kier alpha value is -3.54. The minimum atomic E-state index is -0.279. The molecule has 0 spiro atoms. The van der Waals surface area contributed by atoms with Crippen LogP contribution >= 0.6 is 11.6 Å². The molecule has 3 aromatic rings. The summed E-state index contributed by atoms with van der Waals surface area (Å²) in [5.41, 5.74) is 1.51. The highest BCUT2D eigenvalue weighted by Crippen LogP contribution is 2.35. The van der Waals surface area contributed by atoms with Crippen molar-refractivity contribution in [2.24, 2.45) is 0 Å². The van der Waals surface area contributed by atoms with Crippen molar-refractivity contribution in [3.63, 3.8) is 0 Å². The van der Waals surface area contributed by atoms with E-state index in [0.29, 0.717) is 57.6 Å². The molecular weight excluding hydrogens is 432 g/mol. The van der Waals surface area contributed by atoms with Crippen LogP contribution in [0.25, 0.3) is 10.9 Å². The van der Waals surface area contributed by atoms with E-state index in [0.717, 1.165) is 12.8 Å². The lowest BCUT2D eigenvalue weighted by molar-refractivity contribution is 0.251. The molecule has 32 heavy (non-hydrogen) atoms. The van der Waals surface area contributed by atoms with Crippen LogP contribution in [0, 0.1) is 11.3 Å². The van der Waals surface area contributed by atoms with E-state index < -0.39 is 0 Å². The van der Waals surface area contributed by atoms with Gasteiger partial charge in [0.2, 0.25) is 0 Å². The maximum Gasteiger partial charge on any atom is 0.319 e. The van der Waals surface area contributed by atoms with Crippen LogP contribution in [0.1, 0.15) is 18.4 Å². The second-order valence-electron chi connectivity index (χ2n) is 7.67. The number of nitrogens with zero attached hydrogens (tertiary/aromatic N) is 2. The maximum atomic E-state index is 12.0. The van der Waals surface area contributed by atoms with Crippen LogP contribution in [-0.2, 0) is 4.74 Å². The number of amides is 2. The van der Waals surface area contributed by atoms with Gasteiger partial charge in [-0.25, -0.2) is 4.79 Å². The van der Waals surface area contributed by atoms with Gasteiger partial charge in [0.1, 0.15) is 36.0 Å². The lowest BCUT2D eigenvalue weighted by Crippen LogP contribution is -2.30. The van der Waals surface area contributed by atoms with Crippen molar-refractivity contribution >= 4 is 34.2 Å². The summed E-state index contributed by atoms with van der Waals surface area (Å²) >= 11 is 6.34. The number of aromatic nitrogens is 1. The normalized spacial score (nSPS) is 16.8. The standard InChI is InChI=1S/C23H19ClN4O4/c24-18-8-15(3-4-19(18)28-23(29)27-14-1-2-14)32-21-5-6-26-20-9-22(31-12-16-11-30-16)13(10-25)7-17(20)21/h3-9,14,16H,1-2,11-12H2,(H2,27,28,29)/t16-/m1/s1. The van der Waals surface area contributed by atoms with Crippen LogP contribution in [0.5, 0.6) is 17.2 Å². The zero-order chi connectivity index (χ0) is 22.1. The first kappa shape index (κ1) is 20.4. The van der Waals surface area contributed by atoms with Gasteiger partial charge >= 0.3 is 6.03 Å². The van der Waals surface area contributed by atoms with Crippen molar-refractivity contribution in [1.29, 1.82) is 5.26 Å². The molecule has 8 nitrogen and oxygen atoms in total. The third-order valence-corrected chi connectivity index (χ3v) is 5.39. The molecule has 1 saturated carbocycles. The third kappa shape index (κ3) is 4.69. The quantitative estimate of drug-likeness (QED) is 0.508. The van der Waals surface area contributed by atoms with E-state index in [-0.39, 0.29) is 18.2 Å². The number of halogens is 1. The van der Waals surface area contributed by atoms with Crippen LogP contribution in [-0.4, -0.2) is 36.4 Å².